The molecule has 0 radical (unpaired) electrons. The number of pyridine rings is 1. The third-order valence-corrected chi connectivity index (χ3v) is 5.67. The molecule has 3 rings (SSSR count). The highest BCUT2D eigenvalue weighted by Crippen LogP contribution is 2.44. The normalized spacial score (nSPS) is 15.5. The van der Waals surface area contributed by atoms with Gasteiger partial charge in [-0.1, -0.05) is 34.5 Å². The molecule has 1 aromatic heterocycles. The second-order valence-corrected chi connectivity index (χ2v) is 9.20. The molecule has 0 unspecified atom stereocenters. The number of carbonyl (C=O) groups excluding carboxylic acids is 2. The molecule has 0 saturated heterocycles. The fourth-order valence-corrected chi connectivity index (χ4v) is 3.73. The Morgan fingerprint density at radius 1 is 1.11 bits per heavy atom. The van der Waals surface area contributed by atoms with Crippen molar-refractivity contribution in [2.45, 2.75) is 24.7 Å². The van der Waals surface area contributed by atoms with E-state index in [1.807, 2.05) is 29.0 Å². The predicted molar refractivity (Wildman–Crippen MR) is 105 cm³/mol. The van der Waals surface area contributed by atoms with Gasteiger partial charge in [0.2, 0.25) is 15.9 Å². The fraction of sp³-hybridized carbons (Fsp3) is 0.278. The molecule has 0 aliphatic heterocycles. The van der Waals surface area contributed by atoms with Crippen molar-refractivity contribution in [2.24, 2.45) is 0 Å². The average molecular weight is 452 g/mol. The highest BCUT2D eigenvalue weighted by molar-refractivity contribution is 9.10. The van der Waals surface area contributed by atoms with Gasteiger partial charge in [-0.05, 0) is 42.7 Å². The smallest absolute Gasteiger partial charge is 0.266 e. The number of nitrogens with one attached hydrogen (secondary N) is 2. The van der Waals surface area contributed by atoms with Crippen LogP contribution in [-0.4, -0.2) is 31.5 Å². The Morgan fingerprint density at radius 3 is 2.26 bits per heavy atom. The van der Waals surface area contributed by atoms with Crippen LogP contribution in [-0.2, 0) is 20.2 Å². The number of halogens is 1. The molecule has 0 atom stereocenters. The second-order valence-electron chi connectivity index (χ2n) is 6.53. The van der Waals surface area contributed by atoms with Gasteiger partial charge in [0.05, 0.1) is 17.2 Å². The van der Waals surface area contributed by atoms with Gasteiger partial charge >= 0.3 is 0 Å². The van der Waals surface area contributed by atoms with Crippen LogP contribution in [0.3, 0.4) is 0 Å². The van der Waals surface area contributed by atoms with Crippen LogP contribution in [0.15, 0.2) is 47.1 Å². The lowest BCUT2D eigenvalue weighted by molar-refractivity contribution is -0.124. The van der Waals surface area contributed by atoms with Crippen LogP contribution in [0.4, 0.5) is 5.82 Å². The lowest BCUT2D eigenvalue weighted by Crippen LogP contribution is -2.46. The molecule has 7 nitrogen and oxygen atoms in total. The number of sulfonamides is 1. The number of hydrogen-bond donors (Lipinski definition) is 2. The van der Waals surface area contributed by atoms with E-state index in [0.29, 0.717) is 5.82 Å². The Bertz CT molecular complexity index is 969. The van der Waals surface area contributed by atoms with E-state index in [1.54, 1.807) is 0 Å². The number of aromatic nitrogens is 1. The number of benzene rings is 1. The van der Waals surface area contributed by atoms with E-state index in [-0.39, 0.29) is 11.5 Å². The molecule has 142 valence electrons. The van der Waals surface area contributed by atoms with Gasteiger partial charge < -0.3 is 5.32 Å². The molecule has 2 amide bonds. The fourth-order valence-electron chi connectivity index (χ4n) is 3.01. The second kappa shape index (κ2) is 7.40. The molecule has 0 spiro atoms. The molecule has 1 aliphatic rings. The number of rotatable bonds is 5. The van der Waals surface area contributed by atoms with Crippen molar-refractivity contribution < 1.29 is 18.0 Å². The minimum atomic E-state index is -3.65. The highest BCUT2D eigenvalue weighted by Gasteiger charge is 2.45. The summed E-state index contributed by atoms with van der Waals surface area (Å²) < 4.78 is 25.1. The van der Waals surface area contributed by atoms with Crippen molar-refractivity contribution in [1.82, 2.24) is 9.71 Å². The SMILES string of the molecule is CS(=O)(=O)NC(=O)c1ccc(NC(=O)C2(c3ccc(Br)cc3)CCC2)nc1. The first-order valence-corrected chi connectivity index (χ1v) is 10.9. The molecule has 1 aliphatic carbocycles. The van der Waals surface area contributed by atoms with Gasteiger partial charge in [-0.25, -0.2) is 18.1 Å². The Morgan fingerprint density at radius 2 is 1.78 bits per heavy atom. The lowest BCUT2D eigenvalue weighted by atomic mass is 9.64. The van der Waals surface area contributed by atoms with Gasteiger partial charge in [-0.2, -0.15) is 0 Å². The van der Waals surface area contributed by atoms with Crippen LogP contribution in [0.2, 0.25) is 0 Å². The molecule has 2 aromatic rings. The van der Waals surface area contributed by atoms with Gasteiger partial charge in [-0.3, -0.25) is 9.59 Å². The maximum Gasteiger partial charge on any atom is 0.266 e. The van der Waals surface area contributed by atoms with Crippen molar-refractivity contribution in [3.05, 3.63) is 58.2 Å². The summed E-state index contributed by atoms with van der Waals surface area (Å²) in [6.07, 6.45) is 4.61. The molecule has 1 fully saturated rings. The minimum absolute atomic E-state index is 0.0877. The molecule has 9 heteroatoms. The summed E-state index contributed by atoms with van der Waals surface area (Å²) in [6.45, 7) is 0. The van der Waals surface area contributed by atoms with E-state index >= 15 is 0 Å². The number of carbonyl (C=O) groups is 2. The first-order chi connectivity index (χ1) is 12.7. The molecule has 1 aromatic carbocycles. The van der Waals surface area contributed by atoms with Crippen molar-refractivity contribution >= 4 is 43.6 Å². The van der Waals surface area contributed by atoms with Crippen molar-refractivity contribution in [1.29, 1.82) is 0 Å². The van der Waals surface area contributed by atoms with Crippen molar-refractivity contribution in [3.8, 4) is 0 Å². The zero-order valence-electron chi connectivity index (χ0n) is 14.5. The van der Waals surface area contributed by atoms with Gasteiger partial charge in [0.15, 0.2) is 0 Å². The van der Waals surface area contributed by atoms with E-state index in [1.165, 1.54) is 18.3 Å². The van der Waals surface area contributed by atoms with E-state index in [9.17, 15) is 18.0 Å². The first-order valence-electron chi connectivity index (χ1n) is 8.25. The van der Waals surface area contributed by atoms with E-state index in [2.05, 4.69) is 26.2 Å². The zero-order valence-corrected chi connectivity index (χ0v) is 16.9. The molecule has 1 heterocycles. The summed E-state index contributed by atoms with van der Waals surface area (Å²) >= 11 is 3.40. The van der Waals surface area contributed by atoms with Gasteiger partial charge in [0.1, 0.15) is 5.82 Å². The summed E-state index contributed by atoms with van der Waals surface area (Å²) in [4.78, 5) is 28.7. The highest BCUT2D eigenvalue weighted by atomic mass is 79.9. The maximum absolute atomic E-state index is 12.9. The summed E-state index contributed by atoms with van der Waals surface area (Å²) in [7, 11) is -3.65. The van der Waals surface area contributed by atoms with Gasteiger partial charge in [0.25, 0.3) is 5.91 Å². The number of hydrogen-bond acceptors (Lipinski definition) is 5. The number of amides is 2. The third kappa shape index (κ3) is 4.36. The minimum Gasteiger partial charge on any atom is -0.310 e. The monoisotopic (exact) mass is 451 g/mol. The molecule has 2 N–H and O–H groups in total. The van der Waals surface area contributed by atoms with Crippen LogP contribution in [0.5, 0.6) is 0 Å². The summed E-state index contributed by atoms with van der Waals surface area (Å²) in [5, 5.41) is 2.80. The summed E-state index contributed by atoms with van der Waals surface area (Å²) in [5.74, 6) is -0.607. The van der Waals surface area contributed by atoms with E-state index < -0.39 is 21.3 Å². The molecule has 0 bridgehead atoms. The maximum atomic E-state index is 12.9. The van der Waals surface area contributed by atoms with Crippen LogP contribution in [0.1, 0.15) is 35.2 Å². The third-order valence-electron chi connectivity index (χ3n) is 4.58. The predicted octanol–water partition coefficient (Wildman–Crippen LogP) is 2.59. The molecular weight excluding hydrogens is 434 g/mol. The largest absolute Gasteiger partial charge is 0.310 e. The molecular formula is C18H18BrN3O4S. The Kier molecular flexibility index (Phi) is 5.34. The topological polar surface area (TPSA) is 105 Å². The van der Waals surface area contributed by atoms with E-state index in [0.717, 1.165) is 35.6 Å². The van der Waals surface area contributed by atoms with Crippen LogP contribution in [0.25, 0.3) is 0 Å². The lowest BCUT2D eigenvalue weighted by Gasteiger charge is -2.40. The number of nitrogens with zero attached hydrogens (tertiary/aromatic N) is 1. The Hall–Kier alpha value is -2.26. The quantitative estimate of drug-likeness (QED) is 0.726. The Labute approximate surface area is 165 Å². The first kappa shape index (κ1) is 19.5. The molecule has 27 heavy (non-hydrogen) atoms. The van der Waals surface area contributed by atoms with Crippen LogP contribution < -0.4 is 10.0 Å². The van der Waals surface area contributed by atoms with Crippen LogP contribution in [0, 0.1) is 0 Å². The number of anilines is 1. The van der Waals surface area contributed by atoms with Gasteiger partial charge in [-0.15, -0.1) is 0 Å². The average Bonchev–Trinajstić information content (AvgIpc) is 2.54. The molecule has 1 saturated carbocycles. The van der Waals surface area contributed by atoms with Crippen molar-refractivity contribution in [2.75, 3.05) is 11.6 Å². The van der Waals surface area contributed by atoms with Gasteiger partial charge in [0, 0.05) is 10.7 Å². The van der Waals surface area contributed by atoms with Crippen LogP contribution >= 0.6 is 15.9 Å². The van der Waals surface area contributed by atoms with E-state index in [4.69, 9.17) is 0 Å². The zero-order chi connectivity index (χ0) is 19.7. The van der Waals surface area contributed by atoms with Crippen molar-refractivity contribution in [3.63, 3.8) is 0 Å². The summed E-state index contributed by atoms with van der Waals surface area (Å²) in [6, 6.07) is 10.6. The Balaban J connectivity index is 1.74. The standard InChI is InChI=1S/C18H18BrN3O4S/c1-27(25,26)22-16(23)12-3-8-15(20-11-12)21-17(24)18(9-2-10-18)13-4-6-14(19)7-5-13/h3-8,11H,2,9-10H2,1H3,(H,22,23)(H,20,21,24). The summed E-state index contributed by atoms with van der Waals surface area (Å²) in [5.41, 5.74) is 0.470.